The molecule has 0 aromatic carbocycles. The van der Waals surface area contributed by atoms with Crippen molar-refractivity contribution >= 4 is 16.4 Å². The lowest BCUT2D eigenvalue weighted by Crippen LogP contribution is -2.05. The summed E-state index contributed by atoms with van der Waals surface area (Å²) in [6.45, 7) is 5.19. The van der Waals surface area contributed by atoms with E-state index in [0.717, 1.165) is 19.3 Å². The van der Waals surface area contributed by atoms with Gasteiger partial charge in [0.25, 0.3) is 0 Å². The van der Waals surface area contributed by atoms with Gasteiger partial charge in [0.05, 0.1) is 6.61 Å². The fourth-order valence-corrected chi connectivity index (χ4v) is 4.89. The molecule has 0 bridgehead atoms. The molecule has 0 aromatic rings. The van der Waals surface area contributed by atoms with Crippen LogP contribution in [-0.4, -0.2) is 30.1 Å². The van der Waals surface area contributed by atoms with Crippen molar-refractivity contribution in [1.29, 1.82) is 0 Å². The second kappa shape index (κ2) is 35.3. The van der Waals surface area contributed by atoms with E-state index in [1.165, 1.54) is 154 Å². The number of unbranched alkanes of at least 4 members (excludes halogenated alkanes) is 24. The molecular weight excluding hydrogens is 536 g/mol. The molecule has 0 aliphatic rings. The van der Waals surface area contributed by atoms with Crippen LogP contribution < -0.4 is 0 Å². The van der Waals surface area contributed by atoms with E-state index in [-0.39, 0.29) is 5.97 Å². The van der Waals surface area contributed by atoms with Crippen LogP contribution in [0.2, 0.25) is 0 Å². The summed E-state index contributed by atoms with van der Waals surface area (Å²) in [5.41, 5.74) is 0. The average molecular weight is 605 g/mol. The monoisotopic (exact) mass is 604 g/mol. The minimum atomic E-state index is -4.67. The predicted molar refractivity (Wildman–Crippen MR) is 175 cm³/mol. The predicted octanol–water partition coefficient (Wildman–Crippen LogP) is 11.4. The van der Waals surface area contributed by atoms with E-state index in [1.807, 2.05) is 0 Å². The van der Waals surface area contributed by atoms with Crippen LogP contribution >= 0.6 is 0 Å². The standard InChI is InChI=1S/C34H66O2.H2O4S/c1-3-5-7-9-11-13-15-17-19-20-22-24-26-28-30-32-34(35)36-33-31-29-27-25-23-21-18-16-14-12-10-8-6-4-2;1-5(2,3)4/h17,19H,3-16,18,20-33H2,1-2H3;(H2,1,2,3,4). The third-order valence-electron chi connectivity index (χ3n) is 7.40. The highest BCUT2D eigenvalue weighted by Crippen LogP contribution is 2.14. The van der Waals surface area contributed by atoms with Gasteiger partial charge in [-0.15, -0.1) is 0 Å². The van der Waals surface area contributed by atoms with Crippen molar-refractivity contribution in [3.05, 3.63) is 12.2 Å². The quantitative estimate of drug-likeness (QED) is 0.0366. The van der Waals surface area contributed by atoms with Crippen molar-refractivity contribution in [2.75, 3.05) is 6.61 Å². The Morgan fingerprint density at radius 2 is 0.805 bits per heavy atom. The van der Waals surface area contributed by atoms with Crippen LogP contribution in [0.25, 0.3) is 0 Å². The van der Waals surface area contributed by atoms with Crippen LogP contribution in [0.3, 0.4) is 0 Å². The molecule has 0 aliphatic carbocycles. The number of hydrogen-bond donors (Lipinski definition) is 2. The van der Waals surface area contributed by atoms with Gasteiger partial charge in [-0.25, -0.2) is 0 Å². The molecule has 246 valence electrons. The molecule has 0 spiro atoms. The molecule has 0 saturated heterocycles. The van der Waals surface area contributed by atoms with Crippen molar-refractivity contribution in [1.82, 2.24) is 0 Å². The molecule has 0 radical (unpaired) electrons. The summed E-state index contributed by atoms with van der Waals surface area (Å²) in [7, 11) is -4.67. The Balaban J connectivity index is 0. The summed E-state index contributed by atoms with van der Waals surface area (Å²) < 4.78 is 37.0. The first kappa shape index (κ1) is 42.2. The number of rotatable bonds is 30. The number of allylic oxidation sites excluding steroid dienone is 2. The molecule has 2 N–H and O–H groups in total. The molecule has 0 heterocycles. The molecular formula is C34H68O6S. The van der Waals surface area contributed by atoms with Crippen LogP contribution in [0.1, 0.15) is 194 Å². The van der Waals surface area contributed by atoms with Gasteiger partial charge in [-0.05, 0) is 38.5 Å². The van der Waals surface area contributed by atoms with Gasteiger partial charge in [0.1, 0.15) is 0 Å². The third kappa shape index (κ3) is 49.1. The van der Waals surface area contributed by atoms with Crippen LogP contribution in [0.15, 0.2) is 12.2 Å². The molecule has 0 saturated carbocycles. The van der Waals surface area contributed by atoms with Crippen LogP contribution in [-0.2, 0) is 19.9 Å². The Labute approximate surface area is 255 Å². The van der Waals surface area contributed by atoms with E-state index in [2.05, 4.69) is 26.0 Å². The highest BCUT2D eigenvalue weighted by atomic mass is 32.3. The first-order valence-corrected chi connectivity index (χ1v) is 18.7. The first-order valence-electron chi connectivity index (χ1n) is 17.3. The normalized spacial score (nSPS) is 11.5. The van der Waals surface area contributed by atoms with Crippen molar-refractivity contribution in [3.8, 4) is 0 Å². The summed E-state index contributed by atoms with van der Waals surface area (Å²) in [6, 6.07) is 0. The lowest BCUT2D eigenvalue weighted by atomic mass is 10.0. The van der Waals surface area contributed by atoms with Gasteiger partial charge in [-0.3, -0.25) is 13.9 Å². The summed E-state index contributed by atoms with van der Waals surface area (Å²) in [4.78, 5) is 11.9. The fraction of sp³-hybridized carbons (Fsp3) is 0.912. The molecule has 0 unspecified atom stereocenters. The number of ether oxygens (including phenoxy) is 1. The number of esters is 1. The van der Waals surface area contributed by atoms with Crippen molar-refractivity contribution < 1.29 is 27.1 Å². The molecule has 6 nitrogen and oxygen atoms in total. The lowest BCUT2D eigenvalue weighted by Gasteiger charge is -2.05. The van der Waals surface area contributed by atoms with Crippen molar-refractivity contribution in [2.45, 2.75) is 194 Å². The molecule has 0 aromatic heterocycles. The minimum Gasteiger partial charge on any atom is -0.466 e. The Bertz CT molecular complexity index is 640. The number of carbonyl (C=O) groups excluding carboxylic acids is 1. The third-order valence-corrected chi connectivity index (χ3v) is 7.40. The summed E-state index contributed by atoms with van der Waals surface area (Å²) in [6.07, 6.45) is 41.2. The van der Waals surface area contributed by atoms with E-state index < -0.39 is 10.4 Å². The van der Waals surface area contributed by atoms with E-state index >= 15 is 0 Å². The van der Waals surface area contributed by atoms with Gasteiger partial charge in [0, 0.05) is 6.42 Å². The topological polar surface area (TPSA) is 101 Å². The summed E-state index contributed by atoms with van der Waals surface area (Å²) in [5.74, 6) is 0.0160. The second-order valence-electron chi connectivity index (χ2n) is 11.6. The summed E-state index contributed by atoms with van der Waals surface area (Å²) in [5, 5.41) is 0. The van der Waals surface area contributed by atoms with Gasteiger partial charge in [0.2, 0.25) is 0 Å². The van der Waals surface area contributed by atoms with Crippen molar-refractivity contribution in [3.63, 3.8) is 0 Å². The molecule has 0 rings (SSSR count). The minimum absolute atomic E-state index is 0.0160. The van der Waals surface area contributed by atoms with E-state index in [0.29, 0.717) is 13.0 Å². The highest BCUT2D eigenvalue weighted by molar-refractivity contribution is 7.79. The first-order chi connectivity index (χ1) is 19.8. The average Bonchev–Trinajstić information content (AvgIpc) is 2.92. The van der Waals surface area contributed by atoms with Gasteiger partial charge in [-0.1, -0.05) is 161 Å². The Hall–Kier alpha value is -0.920. The van der Waals surface area contributed by atoms with Crippen LogP contribution in [0.5, 0.6) is 0 Å². The van der Waals surface area contributed by atoms with E-state index in [9.17, 15) is 4.79 Å². The van der Waals surface area contributed by atoms with Gasteiger partial charge in [0.15, 0.2) is 0 Å². The van der Waals surface area contributed by atoms with Gasteiger partial charge in [-0.2, -0.15) is 8.42 Å². The van der Waals surface area contributed by atoms with Gasteiger partial charge >= 0.3 is 16.4 Å². The molecule has 0 fully saturated rings. The maximum absolute atomic E-state index is 11.9. The van der Waals surface area contributed by atoms with E-state index in [4.69, 9.17) is 22.3 Å². The lowest BCUT2D eigenvalue weighted by molar-refractivity contribution is -0.143. The molecule has 0 aliphatic heterocycles. The Kier molecular flexibility index (Phi) is 36.3. The molecule has 0 atom stereocenters. The zero-order valence-electron chi connectivity index (χ0n) is 27.1. The largest absolute Gasteiger partial charge is 0.466 e. The maximum atomic E-state index is 11.9. The Morgan fingerprint density at radius 1 is 0.512 bits per heavy atom. The highest BCUT2D eigenvalue weighted by Gasteiger charge is 2.02. The molecule has 0 amide bonds. The SMILES string of the molecule is CCCCCCCCC=CCCCCCCCC(=O)OCCCCCCCCCCCCCCCC.O=S(=O)(O)O. The summed E-state index contributed by atoms with van der Waals surface area (Å²) >= 11 is 0. The Morgan fingerprint density at radius 3 is 1.17 bits per heavy atom. The van der Waals surface area contributed by atoms with Crippen molar-refractivity contribution in [2.24, 2.45) is 0 Å². The fourth-order valence-electron chi connectivity index (χ4n) is 4.89. The van der Waals surface area contributed by atoms with Gasteiger partial charge < -0.3 is 4.74 Å². The van der Waals surface area contributed by atoms with Crippen LogP contribution in [0.4, 0.5) is 0 Å². The molecule has 41 heavy (non-hydrogen) atoms. The number of carbonyl (C=O) groups is 1. The van der Waals surface area contributed by atoms with Crippen LogP contribution in [0, 0.1) is 0 Å². The zero-order valence-corrected chi connectivity index (χ0v) is 27.9. The zero-order chi connectivity index (χ0) is 30.7. The smallest absolute Gasteiger partial charge is 0.394 e. The maximum Gasteiger partial charge on any atom is 0.394 e. The molecule has 7 heteroatoms. The second-order valence-corrected chi connectivity index (χ2v) is 12.5. The number of hydrogen-bond acceptors (Lipinski definition) is 4. The van der Waals surface area contributed by atoms with E-state index in [1.54, 1.807) is 0 Å².